The van der Waals surface area contributed by atoms with Gasteiger partial charge in [0.25, 0.3) is 0 Å². The second-order valence-corrected chi connectivity index (χ2v) is 8.03. The van der Waals surface area contributed by atoms with Crippen LogP contribution in [0.15, 0.2) is 42.6 Å². The monoisotopic (exact) mass is 380 g/mol. The van der Waals surface area contributed by atoms with Crippen molar-refractivity contribution in [2.45, 2.75) is 25.0 Å². The molecule has 0 bridgehead atoms. The summed E-state index contributed by atoms with van der Waals surface area (Å²) in [6.07, 6.45) is 3.51. The van der Waals surface area contributed by atoms with Crippen molar-refractivity contribution in [2.75, 3.05) is 19.5 Å². The molecular weight excluding hydrogens is 359 g/mol. The van der Waals surface area contributed by atoms with E-state index >= 15 is 0 Å². The fourth-order valence-electron chi connectivity index (χ4n) is 2.86. The van der Waals surface area contributed by atoms with Gasteiger partial charge < -0.3 is 9.47 Å². The summed E-state index contributed by atoms with van der Waals surface area (Å²) in [5, 5.41) is 0. The molecule has 140 valence electrons. The van der Waals surface area contributed by atoms with E-state index in [0.717, 1.165) is 24.7 Å². The van der Waals surface area contributed by atoms with Crippen LogP contribution in [-0.2, 0) is 14.8 Å². The minimum atomic E-state index is -3.30. The van der Waals surface area contributed by atoms with Crippen molar-refractivity contribution in [3.8, 4) is 17.0 Å². The fraction of sp³-hybridized carbons (Fsp3) is 0.389. The molecular formula is C18H21FN2O4S. The summed E-state index contributed by atoms with van der Waals surface area (Å²) in [7, 11) is -3.30. The molecule has 26 heavy (non-hydrogen) atoms. The lowest BCUT2D eigenvalue weighted by Crippen LogP contribution is -2.49. The van der Waals surface area contributed by atoms with Gasteiger partial charge in [-0.25, -0.2) is 17.5 Å². The highest BCUT2D eigenvalue weighted by Gasteiger charge is 2.28. The van der Waals surface area contributed by atoms with E-state index in [1.165, 1.54) is 12.3 Å². The molecule has 0 saturated carbocycles. The minimum absolute atomic E-state index is 0.251. The fourth-order valence-corrected chi connectivity index (χ4v) is 3.68. The molecule has 8 heteroatoms. The molecule has 3 rings (SSSR count). The van der Waals surface area contributed by atoms with Crippen molar-refractivity contribution in [1.29, 1.82) is 0 Å². The summed E-state index contributed by atoms with van der Waals surface area (Å²) in [4.78, 5) is 4.04. The Morgan fingerprint density at radius 2 is 2.04 bits per heavy atom. The van der Waals surface area contributed by atoms with Crippen molar-refractivity contribution in [3.63, 3.8) is 0 Å². The van der Waals surface area contributed by atoms with Gasteiger partial charge >= 0.3 is 0 Å². The number of hydrogen-bond acceptors (Lipinski definition) is 5. The summed E-state index contributed by atoms with van der Waals surface area (Å²) in [6.45, 7) is 0.840. The van der Waals surface area contributed by atoms with Crippen LogP contribution >= 0.6 is 0 Å². The van der Waals surface area contributed by atoms with E-state index in [-0.39, 0.29) is 24.6 Å². The maximum atomic E-state index is 12.9. The Labute approximate surface area is 152 Å². The van der Waals surface area contributed by atoms with Crippen LogP contribution in [0.2, 0.25) is 0 Å². The zero-order valence-corrected chi connectivity index (χ0v) is 15.2. The van der Waals surface area contributed by atoms with E-state index in [4.69, 9.17) is 9.47 Å². The van der Waals surface area contributed by atoms with Gasteiger partial charge in [0.05, 0.1) is 24.2 Å². The van der Waals surface area contributed by atoms with Crippen LogP contribution in [0, 0.1) is 5.82 Å². The molecule has 1 aliphatic heterocycles. The van der Waals surface area contributed by atoms with Gasteiger partial charge in [0, 0.05) is 12.2 Å². The molecule has 1 aliphatic rings. The maximum absolute atomic E-state index is 12.9. The van der Waals surface area contributed by atoms with E-state index < -0.39 is 10.0 Å². The van der Waals surface area contributed by atoms with Gasteiger partial charge in [0.15, 0.2) is 0 Å². The quantitative estimate of drug-likeness (QED) is 0.832. The zero-order valence-electron chi connectivity index (χ0n) is 14.4. The Morgan fingerprint density at radius 3 is 2.69 bits per heavy atom. The highest BCUT2D eigenvalue weighted by molar-refractivity contribution is 7.88. The third-order valence-electron chi connectivity index (χ3n) is 4.10. The number of nitrogens with zero attached hydrogens (tertiary/aromatic N) is 1. The van der Waals surface area contributed by atoms with Crippen molar-refractivity contribution in [2.24, 2.45) is 0 Å². The topological polar surface area (TPSA) is 77.5 Å². The molecule has 0 radical (unpaired) electrons. The molecule has 2 atom stereocenters. The summed E-state index contributed by atoms with van der Waals surface area (Å²) >= 11 is 0. The van der Waals surface area contributed by atoms with Crippen LogP contribution < -0.4 is 9.46 Å². The van der Waals surface area contributed by atoms with Gasteiger partial charge in [-0.05, 0) is 49.2 Å². The number of benzene rings is 1. The average Bonchev–Trinajstić information content (AvgIpc) is 2.61. The number of rotatable bonds is 6. The Balaban J connectivity index is 1.61. The van der Waals surface area contributed by atoms with Gasteiger partial charge in [-0.2, -0.15) is 0 Å². The summed E-state index contributed by atoms with van der Waals surface area (Å²) in [6, 6.07) is 9.95. The zero-order chi connectivity index (χ0) is 18.6. The predicted octanol–water partition coefficient (Wildman–Crippen LogP) is 2.36. The molecule has 1 aromatic heterocycles. The number of hydrogen-bond donors (Lipinski definition) is 1. The Kier molecular flexibility index (Phi) is 5.85. The van der Waals surface area contributed by atoms with Gasteiger partial charge in [0.2, 0.25) is 10.0 Å². The van der Waals surface area contributed by atoms with Crippen LogP contribution in [0.5, 0.6) is 5.75 Å². The Morgan fingerprint density at radius 1 is 1.27 bits per heavy atom. The minimum Gasteiger partial charge on any atom is -0.491 e. The molecule has 2 aromatic rings. The second-order valence-electron chi connectivity index (χ2n) is 6.25. The number of nitrogens with one attached hydrogen (secondary N) is 1. The smallest absolute Gasteiger partial charge is 0.209 e. The molecule has 1 saturated heterocycles. The number of sulfonamides is 1. The van der Waals surface area contributed by atoms with Crippen LogP contribution in [-0.4, -0.2) is 45.0 Å². The molecule has 2 unspecified atom stereocenters. The van der Waals surface area contributed by atoms with Gasteiger partial charge in [-0.1, -0.05) is 0 Å². The average molecular weight is 380 g/mol. The highest BCUT2D eigenvalue weighted by Crippen LogP contribution is 2.22. The SMILES string of the molecule is CS(=O)(=O)NC1CCCOC1COc1ccc(-c2ccc(F)cn2)cc1. The van der Waals surface area contributed by atoms with Crippen LogP contribution in [0.1, 0.15) is 12.8 Å². The van der Waals surface area contributed by atoms with E-state index in [1.54, 1.807) is 18.2 Å². The van der Waals surface area contributed by atoms with Crippen molar-refractivity contribution in [3.05, 3.63) is 48.4 Å². The lowest BCUT2D eigenvalue weighted by atomic mass is 10.0. The van der Waals surface area contributed by atoms with Gasteiger partial charge in [0.1, 0.15) is 24.3 Å². The number of aromatic nitrogens is 1. The molecule has 0 spiro atoms. The standard InChI is InChI=1S/C18H21FN2O4S/c1-26(22,23)21-17-3-2-10-24-18(17)12-25-15-7-4-13(5-8-15)16-9-6-14(19)11-20-16/h4-9,11,17-18,21H,2-3,10,12H2,1H3. The Bertz CT molecular complexity index is 825. The van der Waals surface area contributed by atoms with Gasteiger partial charge in [-0.3, -0.25) is 4.98 Å². The van der Waals surface area contributed by atoms with Crippen LogP contribution in [0.25, 0.3) is 11.3 Å². The normalized spacial score (nSPS) is 20.7. The summed E-state index contributed by atoms with van der Waals surface area (Å²) in [5.41, 5.74) is 1.52. The number of halogens is 1. The van der Waals surface area contributed by atoms with E-state index in [2.05, 4.69) is 9.71 Å². The molecule has 0 aliphatic carbocycles. The lowest BCUT2D eigenvalue weighted by Gasteiger charge is -2.31. The predicted molar refractivity (Wildman–Crippen MR) is 95.9 cm³/mol. The summed E-state index contributed by atoms with van der Waals surface area (Å²) in [5.74, 6) is 0.265. The van der Waals surface area contributed by atoms with Crippen LogP contribution in [0.3, 0.4) is 0 Å². The number of ether oxygens (including phenoxy) is 2. The molecule has 1 aromatic carbocycles. The lowest BCUT2D eigenvalue weighted by molar-refractivity contribution is -0.0278. The third-order valence-corrected chi connectivity index (χ3v) is 4.83. The van der Waals surface area contributed by atoms with Crippen molar-refractivity contribution in [1.82, 2.24) is 9.71 Å². The summed E-state index contributed by atoms with van der Waals surface area (Å²) < 4.78 is 49.9. The van der Waals surface area contributed by atoms with Crippen molar-refractivity contribution < 1.29 is 22.3 Å². The largest absolute Gasteiger partial charge is 0.491 e. The second kappa shape index (κ2) is 8.11. The van der Waals surface area contributed by atoms with Crippen LogP contribution in [0.4, 0.5) is 4.39 Å². The van der Waals surface area contributed by atoms with E-state index in [9.17, 15) is 12.8 Å². The molecule has 6 nitrogen and oxygen atoms in total. The molecule has 1 fully saturated rings. The molecule has 2 heterocycles. The maximum Gasteiger partial charge on any atom is 0.209 e. The first-order valence-corrected chi connectivity index (χ1v) is 10.2. The molecule has 0 amide bonds. The first-order chi connectivity index (χ1) is 12.4. The van der Waals surface area contributed by atoms with E-state index in [1.807, 2.05) is 12.1 Å². The first kappa shape index (κ1) is 18.8. The first-order valence-electron chi connectivity index (χ1n) is 8.34. The van der Waals surface area contributed by atoms with Crippen molar-refractivity contribution >= 4 is 10.0 Å². The van der Waals surface area contributed by atoms with E-state index in [0.29, 0.717) is 18.1 Å². The third kappa shape index (κ3) is 5.23. The Hall–Kier alpha value is -2.03. The van der Waals surface area contributed by atoms with Gasteiger partial charge in [-0.15, -0.1) is 0 Å². The highest BCUT2D eigenvalue weighted by atomic mass is 32.2. The molecule has 1 N–H and O–H groups in total. The number of pyridine rings is 1.